The van der Waals surface area contributed by atoms with Crippen LogP contribution in [0, 0.1) is 6.92 Å². The zero-order chi connectivity index (χ0) is 14.5. The number of para-hydroxylation sites is 1. The molecule has 0 spiro atoms. The van der Waals surface area contributed by atoms with Gasteiger partial charge in [-0.15, -0.1) is 0 Å². The van der Waals surface area contributed by atoms with Gasteiger partial charge < -0.3 is 15.3 Å². The number of anilines is 1. The number of hydrogen-bond acceptors (Lipinski definition) is 3. The number of carboxylic acids is 1. The van der Waals surface area contributed by atoms with Gasteiger partial charge in [0, 0.05) is 18.8 Å². The molecule has 106 valence electrons. The number of rotatable bonds is 7. The van der Waals surface area contributed by atoms with E-state index in [0.717, 1.165) is 17.8 Å². The molecule has 0 heterocycles. The van der Waals surface area contributed by atoms with Crippen molar-refractivity contribution in [2.24, 2.45) is 0 Å². The van der Waals surface area contributed by atoms with E-state index in [4.69, 9.17) is 0 Å². The van der Waals surface area contributed by atoms with Crippen molar-refractivity contribution >= 4 is 11.7 Å². The number of carbonyl (C=O) groups is 1. The van der Waals surface area contributed by atoms with Gasteiger partial charge in [0.1, 0.15) is 5.54 Å². The van der Waals surface area contributed by atoms with E-state index in [9.17, 15) is 9.90 Å². The van der Waals surface area contributed by atoms with Crippen LogP contribution in [0.4, 0.5) is 5.69 Å². The Bertz CT molecular complexity index is 434. The Kier molecular flexibility index (Phi) is 5.36. The van der Waals surface area contributed by atoms with Gasteiger partial charge in [-0.1, -0.05) is 25.1 Å². The van der Waals surface area contributed by atoms with Crippen LogP contribution in [0.25, 0.3) is 0 Å². The van der Waals surface area contributed by atoms with Crippen LogP contribution in [0.5, 0.6) is 0 Å². The Hall–Kier alpha value is -1.55. The highest BCUT2D eigenvalue weighted by Gasteiger charge is 2.34. The van der Waals surface area contributed by atoms with Crippen LogP contribution in [0.15, 0.2) is 24.3 Å². The normalized spacial score (nSPS) is 13.9. The molecule has 0 aliphatic rings. The average Bonchev–Trinajstić information content (AvgIpc) is 2.37. The molecule has 1 aromatic rings. The monoisotopic (exact) mass is 264 g/mol. The van der Waals surface area contributed by atoms with Crippen molar-refractivity contribution in [3.8, 4) is 0 Å². The highest BCUT2D eigenvalue weighted by atomic mass is 16.4. The number of carboxylic acid groups (broad SMARTS) is 1. The fourth-order valence-electron chi connectivity index (χ4n) is 2.26. The smallest absolute Gasteiger partial charge is 0.325 e. The first-order valence-electron chi connectivity index (χ1n) is 6.73. The van der Waals surface area contributed by atoms with Crippen molar-refractivity contribution in [3.63, 3.8) is 0 Å². The van der Waals surface area contributed by atoms with Gasteiger partial charge in [-0.25, -0.2) is 0 Å². The first-order valence-corrected chi connectivity index (χ1v) is 6.73. The van der Waals surface area contributed by atoms with E-state index in [0.29, 0.717) is 13.1 Å². The van der Waals surface area contributed by atoms with Gasteiger partial charge in [0.15, 0.2) is 0 Å². The first-order chi connectivity index (χ1) is 8.94. The third-order valence-electron chi connectivity index (χ3n) is 3.38. The second-order valence-corrected chi connectivity index (χ2v) is 4.97. The molecule has 19 heavy (non-hydrogen) atoms. The van der Waals surface area contributed by atoms with E-state index in [1.165, 1.54) is 0 Å². The van der Waals surface area contributed by atoms with E-state index in [2.05, 4.69) is 10.2 Å². The largest absolute Gasteiger partial charge is 0.480 e. The molecule has 0 fully saturated rings. The Morgan fingerprint density at radius 3 is 2.47 bits per heavy atom. The van der Waals surface area contributed by atoms with Crippen molar-refractivity contribution < 1.29 is 9.90 Å². The van der Waals surface area contributed by atoms with E-state index in [1.54, 1.807) is 6.92 Å². The molecule has 0 bridgehead atoms. The third-order valence-corrected chi connectivity index (χ3v) is 3.38. The summed E-state index contributed by atoms with van der Waals surface area (Å²) in [4.78, 5) is 13.6. The quantitative estimate of drug-likeness (QED) is 0.793. The van der Waals surface area contributed by atoms with Crippen molar-refractivity contribution in [1.82, 2.24) is 5.32 Å². The summed E-state index contributed by atoms with van der Waals surface area (Å²) in [6, 6.07) is 8.06. The Morgan fingerprint density at radius 2 is 2.00 bits per heavy atom. The lowest BCUT2D eigenvalue weighted by Crippen LogP contribution is -2.57. The van der Waals surface area contributed by atoms with Crippen molar-refractivity contribution in [2.45, 2.75) is 33.2 Å². The van der Waals surface area contributed by atoms with Crippen LogP contribution in [-0.2, 0) is 4.79 Å². The van der Waals surface area contributed by atoms with E-state index in [1.807, 2.05) is 45.0 Å². The van der Waals surface area contributed by atoms with Gasteiger partial charge in [-0.2, -0.15) is 0 Å². The van der Waals surface area contributed by atoms with Crippen LogP contribution >= 0.6 is 0 Å². The highest BCUT2D eigenvalue weighted by Crippen LogP contribution is 2.21. The minimum Gasteiger partial charge on any atom is -0.480 e. The lowest BCUT2D eigenvalue weighted by molar-refractivity contribution is -0.143. The molecule has 4 nitrogen and oxygen atoms in total. The minimum atomic E-state index is -0.937. The maximum absolute atomic E-state index is 11.5. The number of nitrogens with zero attached hydrogens (tertiary/aromatic N) is 1. The topological polar surface area (TPSA) is 52.6 Å². The molecule has 2 N–H and O–H groups in total. The summed E-state index contributed by atoms with van der Waals surface area (Å²) in [6.07, 6.45) is 0. The van der Waals surface area contributed by atoms with Crippen LogP contribution in [-0.4, -0.2) is 36.2 Å². The van der Waals surface area contributed by atoms with Gasteiger partial charge in [0.2, 0.25) is 0 Å². The summed E-state index contributed by atoms with van der Waals surface area (Å²) in [5.74, 6) is -0.818. The zero-order valence-corrected chi connectivity index (χ0v) is 12.2. The highest BCUT2D eigenvalue weighted by molar-refractivity contribution is 5.79. The number of aliphatic carboxylic acids is 1. The Balaban J connectivity index is 2.98. The van der Waals surface area contributed by atoms with Crippen LogP contribution in [0.3, 0.4) is 0 Å². The summed E-state index contributed by atoms with van der Waals surface area (Å²) >= 11 is 0. The average molecular weight is 264 g/mol. The van der Waals surface area contributed by atoms with Gasteiger partial charge in [-0.05, 0) is 38.9 Å². The molecule has 0 aliphatic heterocycles. The molecule has 1 rings (SSSR count). The number of aryl methyl sites for hydroxylation is 1. The van der Waals surface area contributed by atoms with Crippen LogP contribution in [0.2, 0.25) is 0 Å². The lowest BCUT2D eigenvalue weighted by atomic mass is 10.0. The van der Waals surface area contributed by atoms with Gasteiger partial charge in [0.25, 0.3) is 0 Å². The number of hydrogen-bond donors (Lipinski definition) is 2. The fourth-order valence-corrected chi connectivity index (χ4v) is 2.26. The Morgan fingerprint density at radius 1 is 1.37 bits per heavy atom. The molecule has 0 saturated carbocycles. The van der Waals surface area contributed by atoms with E-state index in [-0.39, 0.29) is 0 Å². The second-order valence-electron chi connectivity index (χ2n) is 4.97. The predicted octanol–water partition coefficient (Wildman–Crippen LogP) is 2.27. The summed E-state index contributed by atoms with van der Waals surface area (Å²) in [5.41, 5.74) is 1.32. The van der Waals surface area contributed by atoms with Crippen LogP contribution in [0.1, 0.15) is 26.3 Å². The van der Waals surface area contributed by atoms with Crippen molar-refractivity contribution in [1.29, 1.82) is 0 Å². The number of nitrogens with one attached hydrogen (secondary N) is 1. The summed E-state index contributed by atoms with van der Waals surface area (Å²) in [5, 5.41) is 12.5. The van der Waals surface area contributed by atoms with E-state index >= 15 is 0 Å². The SMILES string of the molecule is CCNC(C)(CN(CC)c1ccccc1C)C(=O)O. The van der Waals surface area contributed by atoms with Gasteiger partial charge in [0.05, 0.1) is 0 Å². The molecule has 1 atom stereocenters. The maximum Gasteiger partial charge on any atom is 0.325 e. The van der Waals surface area contributed by atoms with Gasteiger partial charge >= 0.3 is 5.97 Å². The molecule has 1 unspecified atom stereocenters. The lowest BCUT2D eigenvalue weighted by Gasteiger charge is -2.34. The third kappa shape index (κ3) is 3.70. The summed E-state index contributed by atoms with van der Waals surface area (Å²) in [7, 11) is 0. The molecule has 0 aromatic heterocycles. The molecule has 0 saturated heterocycles. The molecule has 4 heteroatoms. The number of benzene rings is 1. The fraction of sp³-hybridized carbons (Fsp3) is 0.533. The van der Waals surface area contributed by atoms with Crippen molar-refractivity contribution in [2.75, 3.05) is 24.5 Å². The molecule has 0 aliphatic carbocycles. The van der Waals surface area contributed by atoms with Crippen LogP contribution < -0.4 is 10.2 Å². The number of likely N-dealkylation sites (N-methyl/N-ethyl adjacent to an activating group) is 2. The molecule has 0 radical (unpaired) electrons. The van der Waals surface area contributed by atoms with Gasteiger partial charge in [-0.3, -0.25) is 4.79 Å². The molecular formula is C15H24N2O2. The standard InChI is InChI=1S/C15H24N2O2/c1-5-16-15(4,14(18)19)11-17(6-2)13-10-8-7-9-12(13)3/h7-10,16H,5-6,11H2,1-4H3,(H,18,19). The molecular weight excluding hydrogens is 240 g/mol. The molecule has 0 amide bonds. The second kappa shape index (κ2) is 6.57. The maximum atomic E-state index is 11.5. The van der Waals surface area contributed by atoms with E-state index < -0.39 is 11.5 Å². The zero-order valence-electron chi connectivity index (χ0n) is 12.2. The predicted molar refractivity (Wildman–Crippen MR) is 78.8 cm³/mol. The molecule has 1 aromatic carbocycles. The minimum absolute atomic E-state index is 0.442. The Labute approximate surface area is 115 Å². The first kappa shape index (κ1) is 15.5. The van der Waals surface area contributed by atoms with Crippen molar-refractivity contribution in [3.05, 3.63) is 29.8 Å². The summed E-state index contributed by atoms with van der Waals surface area (Å²) in [6.45, 7) is 9.60. The summed E-state index contributed by atoms with van der Waals surface area (Å²) < 4.78 is 0.